The minimum atomic E-state index is -1.40. The van der Waals surface area contributed by atoms with Gasteiger partial charge in [0.2, 0.25) is 0 Å². The zero-order chi connectivity index (χ0) is 11.0. The molecule has 0 aromatic heterocycles. The van der Waals surface area contributed by atoms with Crippen LogP contribution in [-0.2, 0) is 0 Å². The maximum atomic E-state index is 2.45. The highest BCUT2D eigenvalue weighted by molar-refractivity contribution is 6.83. The second-order valence-corrected chi connectivity index (χ2v) is 10.7. The lowest BCUT2D eigenvalue weighted by molar-refractivity contribution is 0.655. The van der Waals surface area contributed by atoms with Crippen molar-refractivity contribution in [3.63, 3.8) is 0 Å². The van der Waals surface area contributed by atoms with Crippen LogP contribution in [0.3, 0.4) is 0 Å². The Hall–Kier alpha value is -0.438. The number of hydrogen-bond acceptors (Lipinski definition) is 1. The molecule has 1 heterocycles. The zero-order valence-electron chi connectivity index (χ0n) is 10.3. The Bertz CT molecular complexity index is 274. The summed E-state index contributed by atoms with van der Waals surface area (Å²) in [6, 6.07) is 0. The summed E-state index contributed by atoms with van der Waals surface area (Å²) in [5.41, 5.74) is 1.34. The molecule has 3 heteroatoms. The standard InChI is InChI=1S/C11H21BNSi/c1-10-7-8-12-13(9-10)14(5,6)11(2,3)4/h7-9H,1-6H3. The lowest BCUT2D eigenvalue weighted by Gasteiger charge is -2.46. The van der Waals surface area contributed by atoms with Crippen LogP contribution in [0.15, 0.2) is 23.8 Å². The van der Waals surface area contributed by atoms with Crippen molar-refractivity contribution < 1.29 is 0 Å². The van der Waals surface area contributed by atoms with Gasteiger partial charge in [-0.15, -0.1) is 0 Å². The van der Waals surface area contributed by atoms with Crippen molar-refractivity contribution in [2.45, 2.75) is 45.8 Å². The normalized spacial score (nSPS) is 17.9. The maximum absolute atomic E-state index is 2.45. The van der Waals surface area contributed by atoms with E-state index in [0.29, 0.717) is 5.04 Å². The summed E-state index contributed by atoms with van der Waals surface area (Å²) in [5.74, 6) is 2.15. The Morgan fingerprint density at radius 1 is 1.29 bits per heavy atom. The third kappa shape index (κ3) is 2.14. The van der Waals surface area contributed by atoms with Crippen molar-refractivity contribution in [1.82, 2.24) is 4.48 Å². The Kier molecular flexibility index (Phi) is 3.00. The lowest BCUT2D eigenvalue weighted by atomic mass is 9.91. The molecule has 0 saturated carbocycles. The summed E-state index contributed by atoms with van der Waals surface area (Å²) >= 11 is 0. The fraction of sp³-hybridized carbons (Fsp3) is 0.636. The van der Waals surface area contributed by atoms with Crippen molar-refractivity contribution in [2.75, 3.05) is 0 Å². The van der Waals surface area contributed by atoms with E-state index in [9.17, 15) is 0 Å². The second-order valence-electron chi connectivity index (χ2n) is 5.60. The first-order valence-corrected chi connectivity index (χ1v) is 8.18. The minimum absolute atomic E-state index is 0.394. The van der Waals surface area contributed by atoms with Gasteiger partial charge in [-0.05, 0) is 23.7 Å². The zero-order valence-corrected chi connectivity index (χ0v) is 11.3. The van der Waals surface area contributed by atoms with Crippen LogP contribution in [0.4, 0.5) is 0 Å². The smallest absolute Gasteiger partial charge is 0.267 e. The van der Waals surface area contributed by atoms with Crippen LogP contribution >= 0.6 is 0 Å². The fourth-order valence-corrected chi connectivity index (χ4v) is 3.09. The number of hydrogen-bond donors (Lipinski definition) is 0. The van der Waals surface area contributed by atoms with E-state index >= 15 is 0 Å². The quantitative estimate of drug-likeness (QED) is 0.595. The molecule has 1 radical (unpaired) electrons. The van der Waals surface area contributed by atoms with E-state index in [0.717, 1.165) is 0 Å². The summed E-state index contributed by atoms with van der Waals surface area (Å²) in [6.07, 6.45) is 4.43. The highest BCUT2D eigenvalue weighted by atomic mass is 28.3. The Balaban J connectivity index is 2.90. The van der Waals surface area contributed by atoms with Gasteiger partial charge in [0.25, 0.3) is 7.41 Å². The average molecular weight is 206 g/mol. The van der Waals surface area contributed by atoms with E-state index in [1.54, 1.807) is 0 Å². The van der Waals surface area contributed by atoms with Crippen LogP contribution in [-0.4, -0.2) is 20.1 Å². The molecule has 1 aliphatic rings. The highest BCUT2D eigenvalue weighted by Gasteiger charge is 2.39. The molecule has 1 rings (SSSR count). The SMILES string of the molecule is CC1=CN([Si](C)(C)C(C)(C)C)[B]C=C1. The van der Waals surface area contributed by atoms with Crippen LogP contribution in [0.25, 0.3) is 0 Å². The van der Waals surface area contributed by atoms with Crippen molar-refractivity contribution >= 4 is 15.6 Å². The summed E-state index contributed by atoms with van der Waals surface area (Å²) in [6.45, 7) is 14.0. The van der Waals surface area contributed by atoms with Crippen molar-refractivity contribution in [3.8, 4) is 0 Å². The van der Waals surface area contributed by atoms with Gasteiger partial charge in [-0.2, -0.15) is 0 Å². The van der Waals surface area contributed by atoms with Gasteiger partial charge in [0.15, 0.2) is 0 Å². The Morgan fingerprint density at radius 2 is 1.86 bits per heavy atom. The van der Waals surface area contributed by atoms with E-state index in [4.69, 9.17) is 0 Å². The average Bonchev–Trinajstić information content (AvgIpc) is 2.02. The molecule has 14 heavy (non-hydrogen) atoms. The lowest BCUT2D eigenvalue weighted by Crippen LogP contribution is -2.54. The van der Waals surface area contributed by atoms with E-state index < -0.39 is 8.24 Å². The predicted octanol–water partition coefficient (Wildman–Crippen LogP) is 3.34. The van der Waals surface area contributed by atoms with Gasteiger partial charge >= 0.3 is 0 Å². The van der Waals surface area contributed by atoms with Crippen LogP contribution in [0.2, 0.25) is 18.1 Å². The van der Waals surface area contributed by atoms with Gasteiger partial charge in [0, 0.05) is 0 Å². The molecular formula is C11H21BNSi. The van der Waals surface area contributed by atoms with Crippen LogP contribution in [0, 0.1) is 0 Å². The fourth-order valence-electron chi connectivity index (χ4n) is 1.33. The largest absolute Gasteiger partial charge is 0.448 e. The van der Waals surface area contributed by atoms with E-state index in [1.807, 2.05) is 0 Å². The molecule has 0 saturated heterocycles. The minimum Gasteiger partial charge on any atom is -0.448 e. The Morgan fingerprint density at radius 3 is 2.29 bits per heavy atom. The van der Waals surface area contributed by atoms with Gasteiger partial charge in [0.05, 0.1) is 0 Å². The first kappa shape index (κ1) is 11.6. The molecule has 0 aromatic rings. The molecular weight excluding hydrogens is 185 g/mol. The Labute approximate surface area is 90.2 Å². The molecule has 77 valence electrons. The number of rotatable bonds is 1. The van der Waals surface area contributed by atoms with Gasteiger partial charge in [-0.3, -0.25) is 0 Å². The van der Waals surface area contributed by atoms with Gasteiger partial charge in [-0.25, -0.2) is 0 Å². The molecule has 0 amide bonds. The summed E-state index contributed by atoms with van der Waals surface area (Å²) in [5, 5.41) is 0.394. The third-order valence-electron chi connectivity index (χ3n) is 3.43. The predicted molar refractivity (Wildman–Crippen MR) is 67.7 cm³/mol. The maximum Gasteiger partial charge on any atom is 0.267 e. The molecule has 0 aliphatic carbocycles. The summed E-state index contributed by atoms with van der Waals surface area (Å²) in [7, 11) is 0.817. The second kappa shape index (κ2) is 3.61. The molecule has 1 aliphatic heterocycles. The summed E-state index contributed by atoms with van der Waals surface area (Å²) in [4.78, 5) is 0. The van der Waals surface area contributed by atoms with Gasteiger partial charge in [0.1, 0.15) is 8.24 Å². The first-order chi connectivity index (χ1) is 6.25. The molecule has 0 N–H and O–H groups in total. The van der Waals surface area contributed by atoms with Crippen LogP contribution in [0.5, 0.6) is 0 Å². The van der Waals surface area contributed by atoms with E-state index in [2.05, 4.69) is 70.9 Å². The molecule has 0 bridgehead atoms. The van der Waals surface area contributed by atoms with Gasteiger partial charge in [-0.1, -0.05) is 45.9 Å². The molecule has 0 fully saturated rings. The molecule has 0 unspecified atom stereocenters. The van der Waals surface area contributed by atoms with Crippen molar-refractivity contribution in [1.29, 1.82) is 0 Å². The molecule has 0 aromatic carbocycles. The topological polar surface area (TPSA) is 3.24 Å². The molecule has 1 nitrogen and oxygen atoms in total. The van der Waals surface area contributed by atoms with E-state index in [-0.39, 0.29) is 0 Å². The van der Waals surface area contributed by atoms with Gasteiger partial charge < -0.3 is 4.48 Å². The van der Waals surface area contributed by atoms with Crippen LogP contribution in [0.1, 0.15) is 27.7 Å². The third-order valence-corrected chi connectivity index (χ3v) is 8.67. The van der Waals surface area contributed by atoms with Crippen molar-refractivity contribution in [2.24, 2.45) is 0 Å². The molecule has 0 spiro atoms. The highest BCUT2D eigenvalue weighted by Crippen LogP contribution is 2.38. The monoisotopic (exact) mass is 206 g/mol. The molecule has 0 atom stereocenters. The van der Waals surface area contributed by atoms with Crippen molar-refractivity contribution in [3.05, 3.63) is 23.8 Å². The number of nitrogens with zero attached hydrogens (tertiary/aromatic N) is 1. The van der Waals surface area contributed by atoms with E-state index in [1.165, 1.54) is 5.57 Å². The first-order valence-electron chi connectivity index (χ1n) is 5.23. The summed E-state index contributed by atoms with van der Waals surface area (Å²) < 4.78 is 2.45. The number of allylic oxidation sites excluding steroid dienone is 2. The van der Waals surface area contributed by atoms with Crippen LogP contribution < -0.4 is 0 Å².